The Morgan fingerprint density at radius 3 is 1.79 bits per heavy atom. The van der Waals surface area contributed by atoms with Crippen molar-refractivity contribution in [2.45, 2.75) is 51.9 Å². The second kappa shape index (κ2) is 12.6. The Morgan fingerprint density at radius 1 is 0.509 bits per heavy atom. The van der Waals surface area contributed by atoms with E-state index in [1.54, 1.807) is 0 Å². The third-order valence-corrected chi connectivity index (χ3v) is 11.5. The quantitative estimate of drug-likeness (QED) is 0.175. The van der Waals surface area contributed by atoms with E-state index in [0.717, 1.165) is 23.5 Å². The predicted octanol–water partition coefficient (Wildman–Crippen LogP) is 14.4. The van der Waals surface area contributed by atoms with Crippen LogP contribution in [0.25, 0.3) is 50.2 Å². The van der Waals surface area contributed by atoms with Crippen LogP contribution in [-0.4, -0.2) is 0 Å². The Bertz CT molecular complexity index is 2550. The van der Waals surface area contributed by atoms with E-state index in [0.29, 0.717) is 0 Å². The summed E-state index contributed by atoms with van der Waals surface area (Å²) in [4.78, 5) is 2.42. The maximum Gasteiger partial charge on any atom is 0.0465 e. The molecule has 2 aliphatic carbocycles. The molecule has 0 N–H and O–H groups in total. The van der Waals surface area contributed by atoms with Crippen molar-refractivity contribution < 1.29 is 0 Å². The van der Waals surface area contributed by atoms with Gasteiger partial charge in [-0.2, -0.15) is 0 Å². The lowest BCUT2D eigenvalue weighted by molar-refractivity contribution is 0.590. The molecule has 0 saturated carbocycles. The molecule has 0 bridgehead atoms. The summed E-state index contributed by atoms with van der Waals surface area (Å²) >= 11 is 0. The number of allylic oxidation sites excluding steroid dienone is 3. The minimum absolute atomic E-state index is 0.0864. The number of hydrogen-bond donors (Lipinski definition) is 0. The molecular weight excluding hydrogens is 639 g/mol. The number of anilines is 3. The molecule has 0 unspecified atom stereocenters. The van der Waals surface area contributed by atoms with Gasteiger partial charge in [0, 0.05) is 22.5 Å². The van der Waals surface area contributed by atoms with Crippen molar-refractivity contribution in [1.29, 1.82) is 0 Å². The summed E-state index contributed by atoms with van der Waals surface area (Å²) in [6.07, 6.45) is 9.77. The van der Waals surface area contributed by atoms with Crippen LogP contribution in [0.2, 0.25) is 0 Å². The summed E-state index contributed by atoms with van der Waals surface area (Å²) in [5.41, 5.74) is 17.9. The molecule has 0 atom stereocenters. The average Bonchev–Trinajstić information content (AvgIpc) is 3.30. The lowest BCUT2D eigenvalue weighted by Crippen LogP contribution is -2.16. The van der Waals surface area contributed by atoms with E-state index in [1.807, 2.05) is 0 Å². The lowest BCUT2D eigenvalue weighted by atomic mass is 9.82. The summed E-state index contributed by atoms with van der Waals surface area (Å²) in [5, 5.41) is 2.63. The van der Waals surface area contributed by atoms with Crippen molar-refractivity contribution in [3.63, 3.8) is 0 Å². The molecule has 9 rings (SSSR count). The predicted molar refractivity (Wildman–Crippen MR) is 228 cm³/mol. The van der Waals surface area contributed by atoms with Crippen LogP contribution in [0.15, 0.2) is 164 Å². The monoisotopic (exact) mass is 683 g/mol. The van der Waals surface area contributed by atoms with Crippen molar-refractivity contribution >= 4 is 33.9 Å². The number of nitrogens with zero attached hydrogens (tertiary/aromatic N) is 1. The van der Waals surface area contributed by atoms with E-state index in [1.165, 1.54) is 72.0 Å². The topological polar surface area (TPSA) is 3.24 Å². The zero-order chi connectivity index (χ0) is 36.3. The van der Waals surface area contributed by atoms with Crippen LogP contribution in [0.4, 0.5) is 17.1 Å². The van der Waals surface area contributed by atoms with Crippen LogP contribution >= 0.6 is 0 Å². The minimum Gasteiger partial charge on any atom is -0.310 e. The zero-order valence-corrected chi connectivity index (χ0v) is 31.3. The van der Waals surface area contributed by atoms with Gasteiger partial charge < -0.3 is 4.90 Å². The normalized spacial score (nSPS) is 14.1. The number of fused-ring (bicyclic) bond motifs is 6. The van der Waals surface area contributed by atoms with Crippen molar-refractivity contribution in [3.8, 4) is 33.4 Å². The third-order valence-electron chi connectivity index (χ3n) is 11.5. The summed E-state index contributed by atoms with van der Waals surface area (Å²) in [7, 11) is 0. The second-order valence-electron chi connectivity index (χ2n) is 16.2. The van der Waals surface area contributed by atoms with Crippen molar-refractivity contribution in [2.75, 3.05) is 4.90 Å². The third kappa shape index (κ3) is 5.72. The highest BCUT2D eigenvalue weighted by Gasteiger charge is 2.35. The molecule has 0 heterocycles. The molecule has 7 aromatic rings. The van der Waals surface area contributed by atoms with Gasteiger partial charge in [0.15, 0.2) is 0 Å². The first-order valence-electron chi connectivity index (χ1n) is 18.9. The highest BCUT2D eigenvalue weighted by atomic mass is 15.1. The molecule has 1 heteroatoms. The summed E-state index contributed by atoms with van der Waals surface area (Å²) in [5.74, 6) is 0. The van der Waals surface area contributed by atoms with Crippen LogP contribution < -0.4 is 4.90 Å². The lowest BCUT2D eigenvalue weighted by Gasteiger charge is -2.28. The summed E-state index contributed by atoms with van der Waals surface area (Å²) < 4.78 is 0. The van der Waals surface area contributed by atoms with Gasteiger partial charge in [-0.05, 0) is 126 Å². The molecule has 0 aliphatic heterocycles. The van der Waals surface area contributed by atoms with E-state index in [4.69, 9.17) is 0 Å². The highest BCUT2D eigenvalue weighted by Crippen LogP contribution is 2.51. The van der Waals surface area contributed by atoms with Gasteiger partial charge in [0.05, 0.1) is 0 Å². The first-order valence-corrected chi connectivity index (χ1v) is 18.9. The van der Waals surface area contributed by atoms with Gasteiger partial charge in [-0.25, -0.2) is 0 Å². The smallest absolute Gasteiger partial charge is 0.0465 e. The first kappa shape index (κ1) is 33.0. The van der Waals surface area contributed by atoms with Crippen molar-refractivity contribution in [1.82, 2.24) is 0 Å². The Morgan fingerprint density at radius 2 is 1.09 bits per heavy atom. The first-order chi connectivity index (χ1) is 25.7. The molecular formula is C52H45N. The van der Waals surface area contributed by atoms with Gasteiger partial charge in [0.1, 0.15) is 0 Å². The van der Waals surface area contributed by atoms with E-state index >= 15 is 0 Å². The summed E-state index contributed by atoms with van der Waals surface area (Å²) in [6.45, 7) is 11.5. The van der Waals surface area contributed by atoms with Crippen LogP contribution in [0, 0.1) is 0 Å². The van der Waals surface area contributed by atoms with Crippen LogP contribution in [0.1, 0.15) is 62.4 Å². The number of rotatable bonds is 5. The maximum atomic E-state index is 2.42. The number of benzene rings is 7. The van der Waals surface area contributed by atoms with E-state index in [9.17, 15) is 0 Å². The van der Waals surface area contributed by atoms with Gasteiger partial charge in [0.2, 0.25) is 0 Å². The number of hydrogen-bond acceptors (Lipinski definition) is 1. The Labute approximate surface area is 314 Å². The Balaban J connectivity index is 1.14. The van der Waals surface area contributed by atoms with Gasteiger partial charge in [-0.1, -0.05) is 162 Å². The molecule has 0 spiro atoms. The molecule has 53 heavy (non-hydrogen) atoms. The van der Waals surface area contributed by atoms with Crippen LogP contribution in [0.3, 0.4) is 0 Å². The molecule has 0 amide bonds. The second-order valence-corrected chi connectivity index (χ2v) is 16.2. The molecule has 2 aliphatic rings. The minimum atomic E-state index is -0.0864. The zero-order valence-electron chi connectivity index (χ0n) is 31.3. The van der Waals surface area contributed by atoms with Gasteiger partial charge in [0.25, 0.3) is 0 Å². The van der Waals surface area contributed by atoms with Crippen LogP contribution in [-0.2, 0) is 17.3 Å². The van der Waals surface area contributed by atoms with Gasteiger partial charge >= 0.3 is 0 Å². The fourth-order valence-electron chi connectivity index (χ4n) is 8.53. The van der Waals surface area contributed by atoms with Gasteiger partial charge in [-0.3, -0.25) is 0 Å². The van der Waals surface area contributed by atoms with E-state index < -0.39 is 0 Å². The molecule has 1 nitrogen and oxygen atoms in total. The molecule has 7 aromatic carbocycles. The highest BCUT2D eigenvalue weighted by molar-refractivity contribution is 6.01. The van der Waals surface area contributed by atoms with Crippen molar-refractivity contribution in [3.05, 3.63) is 192 Å². The fourth-order valence-corrected chi connectivity index (χ4v) is 8.53. The molecule has 0 radical (unpaired) electrons. The van der Waals surface area contributed by atoms with Crippen molar-refractivity contribution in [2.24, 2.45) is 0 Å². The summed E-state index contributed by atoms with van der Waals surface area (Å²) in [6, 6.07) is 54.5. The average molecular weight is 684 g/mol. The molecule has 0 saturated heterocycles. The largest absolute Gasteiger partial charge is 0.310 e. The SMILES string of the molecule is CC(C)(C)c1ccc(-c2ccc(N(c3ccc(-c4cc5c(c6ccccc46)CC=CC=C5)cc3)c3ccc4c(c3)C(C)(C)c3ccccc3-4)cc2)cc1. The molecule has 258 valence electrons. The maximum absolute atomic E-state index is 2.42. The van der Waals surface area contributed by atoms with E-state index in [2.05, 4.69) is 209 Å². The van der Waals surface area contributed by atoms with E-state index in [-0.39, 0.29) is 10.8 Å². The standard InChI is InChI=1S/C52H45N/c1-51(2,3)39-25-19-35(20-26-39)36-21-27-40(28-22-36)53(42-31-32-47-46-17-11-12-18-49(46)52(4,5)50(47)34-42)41-29-23-37(24-30-41)48-33-38-13-7-6-8-14-43(38)44-15-9-10-16-45(44)48/h6-13,15-34H,14H2,1-5H3. The molecule has 0 aromatic heterocycles. The Hall–Kier alpha value is -5.92. The van der Waals surface area contributed by atoms with Crippen LogP contribution in [0.5, 0.6) is 0 Å². The fraction of sp³-hybridized carbons (Fsp3) is 0.154. The van der Waals surface area contributed by atoms with Gasteiger partial charge in [-0.15, -0.1) is 0 Å². The molecule has 0 fully saturated rings. The Kier molecular flexibility index (Phi) is 7.86.